The van der Waals surface area contributed by atoms with Crippen LogP contribution >= 0.6 is 11.8 Å². The SMILES string of the molecule is COc1ncnc(C2CC2)c1-c1nccc(N(CCN2[C@H](C)CN(c3cc(S(=O)(=O)NC4(C)CC4)cn4c(C(=N)SC(=N)C(F)F)ncc34)C[C@@H]2C)Cc2ccc(-c3nc(C(F)(F)F)cn3C(C)C)cc2)n1. The van der Waals surface area contributed by atoms with Gasteiger partial charge in [-0.05, 0) is 89.8 Å². The van der Waals surface area contributed by atoms with Crippen LogP contribution in [0.3, 0.4) is 0 Å². The van der Waals surface area contributed by atoms with Crippen LogP contribution in [0.15, 0.2) is 72.4 Å². The highest BCUT2D eigenvalue weighted by Gasteiger charge is 2.42. The Labute approximate surface area is 417 Å². The van der Waals surface area contributed by atoms with Gasteiger partial charge in [-0.3, -0.25) is 20.1 Å². The second-order valence-corrected chi connectivity index (χ2v) is 22.0. The van der Waals surface area contributed by atoms with E-state index >= 15 is 0 Å². The minimum atomic E-state index is -4.60. The van der Waals surface area contributed by atoms with E-state index in [4.69, 9.17) is 20.5 Å². The number of alkyl halides is 5. The van der Waals surface area contributed by atoms with Crippen LogP contribution in [0.4, 0.5) is 33.5 Å². The summed E-state index contributed by atoms with van der Waals surface area (Å²) in [6.45, 7) is 11.9. The first-order chi connectivity index (χ1) is 34.1. The molecule has 3 N–H and O–H groups in total. The number of nitrogens with zero attached hydrogens (tertiary/aromatic N) is 11. The zero-order chi connectivity index (χ0) is 51.4. The third kappa shape index (κ3) is 10.7. The molecule has 382 valence electrons. The lowest BCUT2D eigenvalue weighted by Crippen LogP contribution is -2.58. The number of rotatable bonds is 17. The Morgan fingerprint density at radius 3 is 2.33 bits per heavy atom. The fourth-order valence-corrected chi connectivity index (χ4v) is 11.2. The Hall–Kier alpha value is -6.11. The number of pyridine rings is 1. The third-order valence-electron chi connectivity index (χ3n) is 13.3. The maximum atomic E-state index is 13.9. The van der Waals surface area contributed by atoms with Gasteiger partial charge in [0, 0.05) is 86.5 Å². The van der Waals surface area contributed by atoms with Crippen molar-refractivity contribution in [1.82, 2.24) is 48.5 Å². The standard InChI is InChI=1S/C48H55F5N14O3S2/c1-27(2)66-25-36(48(51,52)53)60-44(66)32-9-7-30(8-10-32)23-63(37-13-16-56-43(61-37)38-39(31-11-12-31)58-26-59-46(38)70-6)17-18-65-28(3)21-64(22-29(65)4)34-19-33(72(68,69)62-47(5)14-15-47)24-67-35(34)20-57-45(67)42(55)71-41(54)40(49)50/h7-10,13,16,19-20,24-29,31,40,54-55,62H,11-12,14-15,17-18,21-23H2,1-6H3/t28-,29+. The van der Waals surface area contributed by atoms with Crippen molar-refractivity contribution < 1.29 is 35.1 Å². The number of hydrogen-bond donors (Lipinski definition) is 3. The molecule has 1 aliphatic heterocycles. The molecule has 17 nitrogen and oxygen atoms in total. The molecule has 0 amide bonds. The first kappa shape index (κ1) is 50.8. The van der Waals surface area contributed by atoms with E-state index in [0.29, 0.717) is 85.4 Å². The summed E-state index contributed by atoms with van der Waals surface area (Å²) in [5.74, 6) is 1.76. The zero-order valence-electron chi connectivity index (χ0n) is 40.5. The number of thioether (sulfide) groups is 1. The summed E-state index contributed by atoms with van der Waals surface area (Å²) in [5, 5.41) is 14.8. The van der Waals surface area contributed by atoms with Crippen LogP contribution in [0.2, 0.25) is 0 Å². The van der Waals surface area contributed by atoms with Crippen molar-refractivity contribution in [3.63, 3.8) is 0 Å². The Morgan fingerprint density at radius 1 is 1.00 bits per heavy atom. The molecule has 0 spiro atoms. The van der Waals surface area contributed by atoms with Crippen LogP contribution in [0, 0.1) is 10.8 Å². The van der Waals surface area contributed by atoms with Gasteiger partial charge in [-0.15, -0.1) is 0 Å². The summed E-state index contributed by atoms with van der Waals surface area (Å²) in [4.78, 5) is 33.6. The van der Waals surface area contributed by atoms with Crippen molar-refractivity contribution in [3.8, 4) is 28.7 Å². The van der Waals surface area contributed by atoms with Gasteiger partial charge in [0.25, 0.3) is 6.43 Å². The van der Waals surface area contributed by atoms with Crippen LogP contribution in [0.25, 0.3) is 28.3 Å². The minimum absolute atomic E-state index is 0.0712. The van der Waals surface area contributed by atoms with Gasteiger partial charge in [0.1, 0.15) is 38.5 Å². The Balaban J connectivity index is 1.01. The van der Waals surface area contributed by atoms with Crippen LogP contribution < -0.4 is 19.3 Å². The zero-order valence-corrected chi connectivity index (χ0v) is 42.1. The summed E-state index contributed by atoms with van der Waals surface area (Å²) in [6, 6.07) is 10.3. The molecular weight excluding hydrogens is 980 g/mol. The van der Waals surface area contributed by atoms with E-state index in [9.17, 15) is 30.4 Å². The van der Waals surface area contributed by atoms with E-state index in [0.717, 1.165) is 30.3 Å². The topological polar surface area (TPSA) is 200 Å². The number of sulfonamides is 1. The van der Waals surface area contributed by atoms with Gasteiger partial charge in [-0.1, -0.05) is 24.3 Å². The van der Waals surface area contributed by atoms with Crippen molar-refractivity contribution in [2.24, 2.45) is 0 Å². The number of imidazole rings is 2. The number of piperazine rings is 1. The van der Waals surface area contributed by atoms with Crippen molar-refractivity contribution in [3.05, 3.63) is 90.3 Å². The van der Waals surface area contributed by atoms with Gasteiger partial charge in [-0.2, -0.15) is 13.2 Å². The van der Waals surface area contributed by atoms with Gasteiger partial charge >= 0.3 is 6.18 Å². The number of halogens is 5. The van der Waals surface area contributed by atoms with E-state index in [-0.39, 0.29) is 52.3 Å². The molecule has 3 aliphatic rings. The molecule has 3 fully saturated rings. The summed E-state index contributed by atoms with van der Waals surface area (Å²) in [5.41, 5.74) is 2.30. The third-order valence-corrected chi connectivity index (χ3v) is 15.7. The largest absolute Gasteiger partial charge is 0.480 e. The monoisotopic (exact) mass is 1030 g/mol. The summed E-state index contributed by atoms with van der Waals surface area (Å²) in [6.07, 6.45) is 2.65. The number of benzene rings is 1. The number of methoxy groups -OCH3 is 1. The molecule has 24 heteroatoms. The molecule has 2 saturated carbocycles. The highest BCUT2D eigenvalue weighted by molar-refractivity contribution is 8.26. The van der Waals surface area contributed by atoms with Gasteiger partial charge in [-0.25, -0.2) is 51.8 Å². The lowest BCUT2D eigenvalue weighted by Gasteiger charge is -2.46. The predicted octanol–water partition coefficient (Wildman–Crippen LogP) is 8.67. The molecule has 0 radical (unpaired) electrons. The smallest absolute Gasteiger partial charge is 0.434 e. The Kier molecular flexibility index (Phi) is 13.9. The van der Waals surface area contributed by atoms with E-state index < -0.39 is 43.9 Å². The molecule has 1 aromatic carbocycles. The summed E-state index contributed by atoms with van der Waals surface area (Å²) < 4.78 is 107. The molecule has 72 heavy (non-hydrogen) atoms. The van der Waals surface area contributed by atoms with E-state index in [1.807, 2.05) is 25.1 Å². The number of fused-ring (bicyclic) bond motifs is 1. The van der Waals surface area contributed by atoms with Gasteiger partial charge < -0.3 is 19.1 Å². The van der Waals surface area contributed by atoms with Crippen LogP contribution in [0.1, 0.15) is 95.0 Å². The summed E-state index contributed by atoms with van der Waals surface area (Å²) >= 11 is 0.257. The van der Waals surface area contributed by atoms with Gasteiger partial charge in [0.2, 0.25) is 15.9 Å². The van der Waals surface area contributed by atoms with Gasteiger partial charge in [0.05, 0.1) is 30.2 Å². The van der Waals surface area contributed by atoms with Crippen molar-refractivity contribution in [2.75, 3.05) is 43.1 Å². The second kappa shape index (κ2) is 19.7. The average molecular weight is 1040 g/mol. The van der Waals surface area contributed by atoms with Crippen molar-refractivity contribution in [1.29, 1.82) is 10.8 Å². The predicted molar refractivity (Wildman–Crippen MR) is 265 cm³/mol. The molecule has 2 atom stereocenters. The molecule has 0 unspecified atom stereocenters. The van der Waals surface area contributed by atoms with E-state index in [1.165, 1.54) is 27.7 Å². The number of anilines is 2. The van der Waals surface area contributed by atoms with Crippen LogP contribution in [-0.4, -0.2) is 120 Å². The van der Waals surface area contributed by atoms with Crippen LogP contribution in [0.5, 0.6) is 5.88 Å². The molecule has 6 heterocycles. The molecule has 6 aromatic rings. The molecule has 0 bridgehead atoms. The lowest BCUT2D eigenvalue weighted by molar-refractivity contribution is -0.140. The maximum absolute atomic E-state index is 13.9. The minimum Gasteiger partial charge on any atom is -0.480 e. The normalized spacial score (nSPS) is 18.3. The maximum Gasteiger partial charge on any atom is 0.434 e. The van der Waals surface area contributed by atoms with E-state index in [1.54, 1.807) is 45.4 Å². The Morgan fingerprint density at radius 2 is 1.71 bits per heavy atom. The number of ether oxygens (including phenoxy) is 1. The van der Waals surface area contributed by atoms with Crippen molar-refractivity contribution >= 4 is 48.9 Å². The van der Waals surface area contributed by atoms with E-state index in [2.05, 4.69) is 58.2 Å². The molecule has 1 saturated heterocycles. The number of hydrogen-bond acceptors (Lipinski definition) is 15. The molecule has 9 rings (SSSR count). The highest BCUT2D eigenvalue weighted by Crippen LogP contribution is 2.45. The molecule has 2 aliphatic carbocycles. The molecule has 5 aromatic heterocycles. The first-order valence-electron chi connectivity index (χ1n) is 23.5. The van der Waals surface area contributed by atoms with Crippen LogP contribution in [-0.2, 0) is 22.7 Å². The van der Waals surface area contributed by atoms with Gasteiger partial charge in [0.15, 0.2) is 17.3 Å². The number of nitrogens with one attached hydrogen (secondary N) is 3. The Bertz CT molecular complexity index is 3110. The quantitative estimate of drug-likeness (QED) is 0.0446. The molecular formula is C48H55F5N14O3S2. The average Bonchev–Trinajstić information content (AvgIpc) is 4.21. The first-order valence-corrected chi connectivity index (χ1v) is 25.8. The fourth-order valence-electron chi connectivity index (χ4n) is 9.18. The summed E-state index contributed by atoms with van der Waals surface area (Å²) in [7, 11) is -2.54. The fraction of sp³-hybridized carbons (Fsp3) is 0.458. The van der Waals surface area contributed by atoms with Crippen molar-refractivity contribution in [2.45, 2.75) is 114 Å². The number of aromatic nitrogens is 8. The highest BCUT2D eigenvalue weighted by atomic mass is 32.2. The second-order valence-electron chi connectivity index (χ2n) is 19.2. The lowest BCUT2D eigenvalue weighted by atomic mass is 10.1.